The molecule has 1 aromatic carbocycles. The van der Waals surface area contributed by atoms with Gasteiger partial charge in [0, 0.05) is 0 Å². The quantitative estimate of drug-likeness (QED) is 0.655. The lowest BCUT2D eigenvalue weighted by atomic mass is 9.88. The van der Waals surface area contributed by atoms with Crippen molar-refractivity contribution in [3.05, 3.63) is 29.3 Å². The average Bonchev–Trinajstić information content (AvgIpc) is 2.91. The van der Waals surface area contributed by atoms with E-state index in [1.807, 2.05) is 0 Å². The molecule has 1 saturated carbocycles. The van der Waals surface area contributed by atoms with Gasteiger partial charge in [0.25, 0.3) is 0 Å². The zero-order chi connectivity index (χ0) is 18.0. The Kier molecular flexibility index (Phi) is 5.04. The summed E-state index contributed by atoms with van der Waals surface area (Å²) in [7, 11) is 0. The van der Waals surface area contributed by atoms with Crippen LogP contribution in [0.5, 0.6) is 0 Å². The van der Waals surface area contributed by atoms with Gasteiger partial charge in [-0.15, -0.1) is 0 Å². The number of ether oxygens (including phenoxy) is 1. The molecule has 1 amide bonds. The molecule has 0 aromatic heterocycles. The third-order valence-electron chi connectivity index (χ3n) is 3.89. The van der Waals surface area contributed by atoms with Crippen molar-refractivity contribution in [1.29, 1.82) is 0 Å². The van der Waals surface area contributed by atoms with E-state index in [2.05, 4.69) is 10.3 Å². The summed E-state index contributed by atoms with van der Waals surface area (Å²) in [5.41, 5.74) is -1.69. The largest absolute Gasteiger partial charge is 0.444 e. The molecule has 0 aliphatic heterocycles. The predicted molar refractivity (Wildman–Crippen MR) is 84.5 cm³/mol. The van der Waals surface area contributed by atoms with E-state index in [1.54, 1.807) is 20.8 Å². The van der Waals surface area contributed by atoms with Gasteiger partial charge in [-0.3, -0.25) is 5.32 Å². The van der Waals surface area contributed by atoms with E-state index in [9.17, 15) is 18.4 Å². The highest BCUT2D eigenvalue weighted by atomic mass is 19.2. The number of rotatable bonds is 3. The lowest BCUT2D eigenvalue weighted by Crippen LogP contribution is -2.28. The van der Waals surface area contributed by atoms with Crippen LogP contribution in [-0.2, 0) is 15.1 Å². The summed E-state index contributed by atoms with van der Waals surface area (Å²) in [6, 6.07) is 2.32. The molecule has 130 valence electrons. The molecule has 0 unspecified atom stereocenters. The monoisotopic (exact) mass is 338 g/mol. The topological polar surface area (TPSA) is 67.8 Å². The highest BCUT2D eigenvalue weighted by molar-refractivity contribution is 5.85. The van der Waals surface area contributed by atoms with Crippen LogP contribution in [0, 0.1) is 11.6 Å². The zero-order valence-electron chi connectivity index (χ0n) is 13.9. The number of isocyanates is 1. The van der Waals surface area contributed by atoms with Crippen molar-refractivity contribution in [1.82, 2.24) is 0 Å². The molecule has 1 aliphatic carbocycles. The maximum Gasteiger partial charge on any atom is 0.412 e. The van der Waals surface area contributed by atoms with Crippen molar-refractivity contribution in [2.45, 2.75) is 57.6 Å². The molecule has 0 spiro atoms. The second kappa shape index (κ2) is 6.69. The number of anilines is 1. The van der Waals surface area contributed by atoms with Gasteiger partial charge < -0.3 is 4.74 Å². The van der Waals surface area contributed by atoms with Crippen LogP contribution in [0.3, 0.4) is 0 Å². The van der Waals surface area contributed by atoms with E-state index >= 15 is 0 Å². The third kappa shape index (κ3) is 3.97. The number of benzene rings is 1. The zero-order valence-corrected chi connectivity index (χ0v) is 13.9. The number of halogens is 2. The van der Waals surface area contributed by atoms with Crippen LogP contribution < -0.4 is 5.32 Å². The smallest absolute Gasteiger partial charge is 0.412 e. The fraction of sp³-hybridized carbons (Fsp3) is 0.529. The van der Waals surface area contributed by atoms with Gasteiger partial charge in [0.05, 0.1) is 11.2 Å². The standard InChI is InChI=1S/C17H20F2N2O3/c1-16(2,3)24-15(23)21-13-9-11(8-12(18)14(13)19)17(20-10-22)6-4-5-7-17/h8-9H,4-7H2,1-3H3,(H,21,23). The third-order valence-corrected chi connectivity index (χ3v) is 3.89. The van der Waals surface area contributed by atoms with Crippen LogP contribution in [-0.4, -0.2) is 17.8 Å². The summed E-state index contributed by atoms with van der Waals surface area (Å²) in [6.45, 7) is 4.98. The number of nitrogens with zero attached hydrogens (tertiary/aromatic N) is 1. The summed E-state index contributed by atoms with van der Waals surface area (Å²) in [6.07, 6.45) is 3.35. The van der Waals surface area contributed by atoms with Gasteiger partial charge in [-0.25, -0.2) is 18.4 Å². The second-order valence-corrected chi connectivity index (χ2v) is 6.89. The Bertz CT molecular complexity index is 686. The summed E-state index contributed by atoms with van der Waals surface area (Å²) in [5, 5.41) is 2.21. The molecule has 0 bridgehead atoms. The molecule has 0 heterocycles. The minimum absolute atomic E-state index is 0.341. The molecule has 7 heteroatoms. The highest BCUT2D eigenvalue weighted by Gasteiger charge is 2.37. The van der Waals surface area contributed by atoms with Crippen LogP contribution in [0.1, 0.15) is 52.0 Å². The average molecular weight is 338 g/mol. The molecule has 1 aromatic rings. The summed E-state index contributed by atoms with van der Waals surface area (Å²) < 4.78 is 33.1. The number of carbonyl (C=O) groups excluding carboxylic acids is 2. The Labute approximate surface area is 139 Å². The SMILES string of the molecule is CC(C)(C)OC(=O)Nc1cc(C2(N=C=O)CCCC2)cc(F)c1F. The predicted octanol–water partition coefficient (Wildman–Crippen LogP) is 4.42. The fourth-order valence-corrected chi connectivity index (χ4v) is 2.87. The van der Waals surface area contributed by atoms with Crippen LogP contribution in [0.15, 0.2) is 17.1 Å². The van der Waals surface area contributed by atoms with E-state index in [1.165, 1.54) is 12.1 Å². The van der Waals surface area contributed by atoms with E-state index in [0.29, 0.717) is 18.4 Å². The Hall–Kier alpha value is -2.27. The molecule has 24 heavy (non-hydrogen) atoms. The Balaban J connectivity index is 2.38. The fourth-order valence-electron chi connectivity index (χ4n) is 2.87. The Morgan fingerprint density at radius 2 is 1.92 bits per heavy atom. The van der Waals surface area contributed by atoms with Gasteiger partial charge in [-0.1, -0.05) is 12.8 Å². The maximum atomic E-state index is 14.0. The minimum Gasteiger partial charge on any atom is -0.444 e. The number of nitrogens with one attached hydrogen (secondary N) is 1. The summed E-state index contributed by atoms with van der Waals surface area (Å²) >= 11 is 0. The minimum atomic E-state index is -1.19. The van der Waals surface area contributed by atoms with Crippen LogP contribution >= 0.6 is 0 Å². The van der Waals surface area contributed by atoms with Crippen molar-refractivity contribution in [3.8, 4) is 0 Å². The molecule has 0 radical (unpaired) electrons. The first kappa shape index (κ1) is 18.1. The van der Waals surface area contributed by atoms with Gasteiger partial charge >= 0.3 is 6.09 Å². The van der Waals surface area contributed by atoms with Gasteiger partial charge in [0.1, 0.15) is 5.60 Å². The summed E-state index contributed by atoms with van der Waals surface area (Å²) in [5.74, 6) is -2.31. The summed E-state index contributed by atoms with van der Waals surface area (Å²) in [4.78, 5) is 26.4. The molecular formula is C17H20F2N2O3. The van der Waals surface area contributed by atoms with Crippen LogP contribution in [0.25, 0.3) is 0 Å². The molecule has 5 nitrogen and oxygen atoms in total. The maximum absolute atomic E-state index is 14.0. The second-order valence-electron chi connectivity index (χ2n) is 6.89. The number of hydrogen-bond donors (Lipinski definition) is 1. The van der Waals surface area contributed by atoms with Crippen molar-refractivity contribution in [2.24, 2.45) is 4.99 Å². The van der Waals surface area contributed by atoms with Gasteiger partial charge in [0.2, 0.25) is 6.08 Å². The van der Waals surface area contributed by atoms with Gasteiger partial charge in [0.15, 0.2) is 11.6 Å². The Morgan fingerprint density at radius 3 is 2.46 bits per heavy atom. The van der Waals surface area contributed by atoms with Gasteiger partial charge in [-0.2, -0.15) is 4.99 Å². The highest BCUT2D eigenvalue weighted by Crippen LogP contribution is 2.43. The number of aliphatic imine (C=N–C) groups is 1. The molecule has 1 fully saturated rings. The van der Waals surface area contributed by atoms with E-state index in [4.69, 9.17) is 4.74 Å². The van der Waals surface area contributed by atoms with Crippen LogP contribution in [0.4, 0.5) is 19.3 Å². The number of carbonyl (C=O) groups is 1. The van der Waals surface area contributed by atoms with Gasteiger partial charge in [-0.05, 0) is 51.3 Å². The molecule has 2 rings (SSSR count). The van der Waals surface area contributed by atoms with Crippen molar-refractivity contribution in [2.75, 3.05) is 5.32 Å². The first-order chi connectivity index (χ1) is 11.2. The number of hydrogen-bond acceptors (Lipinski definition) is 4. The van der Waals surface area contributed by atoms with E-state index in [-0.39, 0.29) is 5.69 Å². The molecule has 1 aliphatic rings. The first-order valence-electron chi connectivity index (χ1n) is 7.75. The molecule has 0 atom stereocenters. The molecule has 0 saturated heterocycles. The number of amides is 1. The molecule has 1 N–H and O–H groups in total. The van der Waals surface area contributed by atoms with E-state index in [0.717, 1.165) is 18.9 Å². The van der Waals surface area contributed by atoms with E-state index < -0.39 is 28.9 Å². The van der Waals surface area contributed by atoms with Crippen molar-refractivity contribution < 1.29 is 23.1 Å². The lowest BCUT2D eigenvalue weighted by molar-refractivity contribution is 0.0635. The van der Waals surface area contributed by atoms with Crippen molar-refractivity contribution in [3.63, 3.8) is 0 Å². The molecular weight excluding hydrogens is 318 g/mol. The van der Waals surface area contributed by atoms with Crippen LogP contribution in [0.2, 0.25) is 0 Å². The lowest BCUT2D eigenvalue weighted by Gasteiger charge is -2.24. The Morgan fingerprint density at radius 1 is 1.29 bits per heavy atom. The normalized spacial score (nSPS) is 16.4. The first-order valence-corrected chi connectivity index (χ1v) is 7.75. The van der Waals surface area contributed by atoms with Crippen molar-refractivity contribution >= 4 is 17.9 Å².